The molecule has 9 nitrogen and oxygen atoms in total. The van der Waals surface area contributed by atoms with Crippen LogP contribution in [0.2, 0.25) is 0 Å². The van der Waals surface area contributed by atoms with Crippen molar-refractivity contribution in [1.29, 1.82) is 0 Å². The Labute approximate surface area is 176 Å². The second-order valence-corrected chi connectivity index (χ2v) is 8.64. The Morgan fingerprint density at radius 1 is 1.27 bits per heavy atom. The number of nitrogens with zero attached hydrogens (tertiary/aromatic N) is 5. The van der Waals surface area contributed by atoms with Crippen LogP contribution in [0.5, 0.6) is 0 Å². The number of aryl methyl sites for hydroxylation is 1. The molecule has 2 aromatic rings. The molecule has 0 saturated heterocycles. The predicted octanol–water partition coefficient (Wildman–Crippen LogP) is 3.28. The third-order valence-corrected chi connectivity index (χ3v) is 4.87. The summed E-state index contributed by atoms with van der Waals surface area (Å²) < 4.78 is 5.44. The van der Waals surface area contributed by atoms with Gasteiger partial charge in [0.05, 0.1) is 6.54 Å². The molecule has 2 aromatic heterocycles. The van der Waals surface area contributed by atoms with Gasteiger partial charge in [0.1, 0.15) is 5.60 Å². The summed E-state index contributed by atoms with van der Waals surface area (Å²) in [7, 11) is 0. The summed E-state index contributed by atoms with van der Waals surface area (Å²) in [6, 6.07) is 3.86. The molecule has 164 valence electrons. The zero-order valence-electron chi connectivity index (χ0n) is 18.1. The maximum Gasteiger partial charge on any atom is 0.306 e. The average molecular weight is 418 g/mol. The van der Waals surface area contributed by atoms with Crippen molar-refractivity contribution in [3.8, 4) is 11.4 Å². The Balaban J connectivity index is 0.00000101. The van der Waals surface area contributed by atoms with E-state index in [2.05, 4.69) is 20.4 Å². The smallest absolute Gasteiger partial charge is 0.306 e. The van der Waals surface area contributed by atoms with E-state index in [-0.39, 0.29) is 12.4 Å². The summed E-state index contributed by atoms with van der Waals surface area (Å²) in [4.78, 5) is 26.3. The zero-order valence-corrected chi connectivity index (χ0v) is 18.1. The lowest BCUT2D eigenvalue weighted by molar-refractivity contribution is -0.156. The van der Waals surface area contributed by atoms with Crippen LogP contribution in [0.4, 0.5) is 0 Å². The Morgan fingerprint density at radius 3 is 2.50 bits per heavy atom. The number of pyridine rings is 1. The van der Waals surface area contributed by atoms with E-state index in [4.69, 9.17) is 14.6 Å². The summed E-state index contributed by atoms with van der Waals surface area (Å²) in [6.45, 7) is 8.21. The SMILES string of the molecule is Cc1cc(-c2nnn(CC3CCC(CC(=O)OC(C)(C)C)CC3)n2)ccn1.O=CO. The topological polar surface area (TPSA) is 120 Å². The fraction of sp³-hybridized carbons (Fsp3) is 0.619. The first-order valence-electron chi connectivity index (χ1n) is 10.2. The first kappa shape index (κ1) is 23.4. The maximum atomic E-state index is 12.0. The molecule has 0 aromatic carbocycles. The standard InChI is InChI=1S/C20H29N5O2.CH2O2/c1-14-11-17(9-10-21-14)19-22-24-25(23-19)13-16-7-5-15(6-8-16)12-18(26)27-20(2,3)4;2-1-3/h9-11,15-16H,5-8,12-13H2,1-4H3;1H,(H,2,3). The molecule has 2 heterocycles. The van der Waals surface area contributed by atoms with Gasteiger partial charge in [-0.05, 0) is 82.6 Å². The molecule has 1 saturated carbocycles. The zero-order chi connectivity index (χ0) is 22.1. The van der Waals surface area contributed by atoms with E-state index >= 15 is 0 Å². The molecule has 0 bridgehead atoms. The van der Waals surface area contributed by atoms with Crippen molar-refractivity contribution >= 4 is 12.4 Å². The summed E-state index contributed by atoms with van der Waals surface area (Å²) in [6.07, 6.45) is 6.55. The van der Waals surface area contributed by atoms with Gasteiger partial charge in [0, 0.05) is 23.9 Å². The molecular formula is C21H31N5O4. The van der Waals surface area contributed by atoms with E-state index in [1.807, 2.05) is 39.8 Å². The summed E-state index contributed by atoms with van der Waals surface area (Å²) in [5.74, 6) is 1.51. The van der Waals surface area contributed by atoms with E-state index in [0.717, 1.165) is 43.5 Å². The molecule has 1 aliphatic rings. The first-order chi connectivity index (χ1) is 14.2. The molecule has 0 radical (unpaired) electrons. The molecule has 1 N–H and O–H groups in total. The van der Waals surface area contributed by atoms with E-state index in [0.29, 0.717) is 24.1 Å². The number of aromatic nitrogens is 5. The molecule has 0 aliphatic heterocycles. The van der Waals surface area contributed by atoms with Crippen molar-refractivity contribution in [3.63, 3.8) is 0 Å². The lowest BCUT2D eigenvalue weighted by Gasteiger charge is -2.28. The number of carboxylic acid groups (broad SMARTS) is 1. The van der Waals surface area contributed by atoms with Gasteiger partial charge in [-0.15, -0.1) is 10.2 Å². The fourth-order valence-corrected chi connectivity index (χ4v) is 3.59. The molecule has 9 heteroatoms. The lowest BCUT2D eigenvalue weighted by Crippen LogP contribution is -2.27. The molecule has 30 heavy (non-hydrogen) atoms. The van der Waals surface area contributed by atoms with Crippen LogP contribution in [0.25, 0.3) is 11.4 Å². The van der Waals surface area contributed by atoms with Crippen molar-refractivity contribution < 1.29 is 19.4 Å². The van der Waals surface area contributed by atoms with Gasteiger partial charge in [0.2, 0.25) is 5.82 Å². The van der Waals surface area contributed by atoms with Gasteiger partial charge < -0.3 is 9.84 Å². The van der Waals surface area contributed by atoms with Gasteiger partial charge in [-0.3, -0.25) is 14.6 Å². The van der Waals surface area contributed by atoms with Crippen molar-refractivity contribution in [2.75, 3.05) is 0 Å². The summed E-state index contributed by atoms with van der Waals surface area (Å²) >= 11 is 0. The molecule has 1 aliphatic carbocycles. The highest BCUT2D eigenvalue weighted by Gasteiger charge is 2.26. The normalized spacial score (nSPS) is 18.8. The Hall–Kier alpha value is -2.84. The van der Waals surface area contributed by atoms with E-state index in [1.165, 1.54) is 0 Å². The third-order valence-electron chi connectivity index (χ3n) is 4.87. The van der Waals surface area contributed by atoms with E-state index in [1.54, 1.807) is 11.0 Å². The summed E-state index contributed by atoms with van der Waals surface area (Å²) in [5, 5.41) is 19.8. The molecule has 1 fully saturated rings. The lowest BCUT2D eigenvalue weighted by atomic mass is 9.80. The number of hydrogen-bond acceptors (Lipinski definition) is 7. The average Bonchev–Trinajstić information content (AvgIpc) is 3.11. The number of rotatable bonds is 5. The number of tetrazole rings is 1. The minimum absolute atomic E-state index is 0.0822. The number of ether oxygens (including phenoxy) is 1. The van der Waals surface area contributed by atoms with E-state index in [9.17, 15) is 4.79 Å². The van der Waals surface area contributed by atoms with Gasteiger partial charge in [0.25, 0.3) is 6.47 Å². The van der Waals surface area contributed by atoms with E-state index < -0.39 is 5.60 Å². The number of esters is 1. The van der Waals surface area contributed by atoms with Crippen molar-refractivity contribution in [3.05, 3.63) is 24.0 Å². The highest BCUT2D eigenvalue weighted by Crippen LogP contribution is 2.32. The van der Waals surface area contributed by atoms with Crippen LogP contribution >= 0.6 is 0 Å². The molecule has 0 atom stereocenters. The Kier molecular flexibility index (Phi) is 8.44. The Morgan fingerprint density at radius 2 is 1.90 bits per heavy atom. The Bertz CT molecular complexity index is 823. The minimum atomic E-state index is -0.405. The highest BCUT2D eigenvalue weighted by molar-refractivity contribution is 5.70. The van der Waals surface area contributed by atoms with Crippen LogP contribution in [-0.4, -0.2) is 48.3 Å². The van der Waals surface area contributed by atoms with Gasteiger partial charge in [-0.25, -0.2) is 0 Å². The van der Waals surface area contributed by atoms with Crippen LogP contribution in [0.1, 0.15) is 58.6 Å². The minimum Gasteiger partial charge on any atom is -0.483 e. The van der Waals surface area contributed by atoms with Crippen LogP contribution in [0.15, 0.2) is 18.3 Å². The van der Waals surface area contributed by atoms with Gasteiger partial charge in [-0.2, -0.15) is 4.80 Å². The molecule has 0 spiro atoms. The highest BCUT2D eigenvalue weighted by atomic mass is 16.6. The third kappa shape index (κ3) is 7.88. The predicted molar refractivity (Wildman–Crippen MR) is 110 cm³/mol. The quantitative estimate of drug-likeness (QED) is 0.581. The van der Waals surface area contributed by atoms with Gasteiger partial charge in [0.15, 0.2) is 0 Å². The van der Waals surface area contributed by atoms with Crippen LogP contribution in [0, 0.1) is 18.8 Å². The van der Waals surface area contributed by atoms with Gasteiger partial charge >= 0.3 is 5.97 Å². The van der Waals surface area contributed by atoms with Gasteiger partial charge in [-0.1, -0.05) is 0 Å². The second-order valence-electron chi connectivity index (χ2n) is 8.64. The van der Waals surface area contributed by atoms with Crippen LogP contribution in [-0.2, 0) is 20.9 Å². The molecular weight excluding hydrogens is 386 g/mol. The molecule has 3 rings (SSSR count). The van der Waals surface area contributed by atoms with Crippen molar-refractivity contribution in [1.82, 2.24) is 25.2 Å². The maximum absolute atomic E-state index is 12.0. The molecule has 0 amide bonds. The summed E-state index contributed by atoms with van der Waals surface area (Å²) in [5.41, 5.74) is 1.47. The number of carbonyl (C=O) groups excluding carboxylic acids is 1. The van der Waals surface area contributed by atoms with Crippen LogP contribution in [0.3, 0.4) is 0 Å². The molecule has 0 unspecified atom stereocenters. The second kappa shape index (κ2) is 10.8. The number of hydrogen-bond donors (Lipinski definition) is 1. The largest absolute Gasteiger partial charge is 0.483 e. The van der Waals surface area contributed by atoms with Crippen molar-refractivity contribution in [2.45, 2.75) is 71.9 Å². The first-order valence-corrected chi connectivity index (χ1v) is 10.2. The van der Waals surface area contributed by atoms with Crippen LogP contribution < -0.4 is 0 Å². The monoisotopic (exact) mass is 417 g/mol. The fourth-order valence-electron chi connectivity index (χ4n) is 3.59. The van der Waals surface area contributed by atoms with Crippen molar-refractivity contribution in [2.24, 2.45) is 11.8 Å². The number of carbonyl (C=O) groups is 2.